The fourth-order valence-electron chi connectivity index (χ4n) is 11.3. The van der Waals surface area contributed by atoms with Crippen molar-refractivity contribution in [2.45, 2.75) is 239 Å². The van der Waals surface area contributed by atoms with Gasteiger partial charge in [0, 0.05) is 38.0 Å². The molecule has 5 aliphatic rings. The topological polar surface area (TPSA) is 80.3 Å². The predicted molar refractivity (Wildman–Crippen MR) is 255 cm³/mol. The summed E-state index contributed by atoms with van der Waals surface area (Å²) >= 11 is 0. The Labute approximate surface area is 375 Å². The molecule has 1 aliphatic heterocycles. The van der Waals surface area contributed by atoms with Gasteiger partial charge in [0.1, 0.15) is 11.9 Å². The molecule has 1 saturated heterocycles. The molecular weight excluding hydrogens is 793 g/mol. The van der Waals surface area contributed by atoms with Gasteiger partial charge in [-0.2, -0.15) is 0 Å². The number of hydrogen-bond donors (Lipinski definition) is 0. The fourth-order valence-corrected chi connectivity index (χ4v) is 14.0. The number of ether oxygens (including phenoxy) is 3. The van der Waals surface area contributed by atoms with Crippen LogP contribution >= 0.6 is 0 Å². The maximum atomic E-state index is 13.9. The molecule has 348 valence electrons. The Kier molecular flexibility index (Phi) is 16.3. The standard InChI is InChI=1S/C52H90O7Si2/c1-16-17-18-19-28-52(55-32-33-56-52)51(30-31-51)29-26-42(54)35-46(57-39(4)53)38(3)44-24-25-45-40(21-20-27-50(44,45)11)22-23-41-34-43(58-60(12,13)48(5,6)7)36-47(37(41)2)59-61(14,15)49(8,9)10/h22-23,38,43-47H,2,16-21,24-36H2,1,3-15H3/b40-22+,41-23-/t38-,43+,44+,45-,46?,47-,50+/m0/s1. The average molecular weight is 883 g/mol. The maximum absolute atomic E-state index is 13.9. The number of carbonyl (C=O) groups excluding carboxylic acids is 2. The van der Waals surface area contributed by atoms with Gasteiger partial charge >= 0.3 is 5.97 Å². The number of ketones is 1. The molecule has 7 atom stereocenters. The van der Waals surface area contributed by atoms with E-state index < -0.39 is 28.5 Å². The van der Waals surface area contributed by atoms with Gasteiger partial charge in [0.05, 0.1) is 25.4 Å². The molecule has 0 spiro atoms. The van der Waals surface area contributed by atoms with Gasteiger partial charge in [0.25, 0.3) is 0 Å². The molecule has 4 aliphatic carbocycles. The van der Waals surface area contributed by atoms with E-state index in [4.69, 9.17) is 29.6 Å². The van der Waals surface area contributed by atoms with Crippen LogP contribution in [0.3, 0.4) is 0 Å². The van der Waals surface area contributed by atoms with Crippen molar-refractivity contribution in [1.82, 2.24) is 0 Å². The number of rotatable bonds is 19. The molecule has 61 heavy (non-hydrogen) atoms. The van der Waals surface area contributed by atoms with E-state index in [0.29, 0.717) is 31.5 Å². The van der Waals surface area contributed by atoms with Crippen molar-refractivity contribution in [3.05, 3.63) is 35.5 Å². The van der Waals surface area contributed by atoms with E-state index in [1.807, 2.05) is 0 Å². The summed E-state index contributed by atoms with van der Waals surface area (Å²) in [5.74, 6) is 0.271. The highest BCUT2D eigenvalue weighted by atomic mass is 28.4. The van der Waals surface area contributed by atoms with E-state index in [0.717, 1.165) is 82.6 Å². The van der Waals surface area contributed by atoms with Crippen molar-refractivity contribution in [1.29, 1.82) is 0 Å². The molecule has 0 aromatic heterocycles. The number of carbonyl (C=O) groups is 2. The predicted octanol–water partition coefficient (Wildman–Crippen LogP) is 14.0. The molecule has 1 unspecified atom stereocenters. The van der Waals surface area contributed by atoms with Crippen LogP contribution in [-0.4, -0.2) is 65.7 Å². The molecular formula is C52H90O7Si2. The van der Waals surface area contributed by atoms with Crippen LogP contribution in [0.5, 0.6) is 0 Å². The Balaban J connectivity index is 1.30. The summed E-state index contributed by atoms with van der Waals surface area (Å²) in [7, 11) is -4.06. The Morgan fingerprint density at radius 3 is 2.13 bits per heavy atom. The van der Waals surface area contributed by atoms with Gasteiger partial charge in [-0.3, -0.25) is 9.59 Å². The van der Waals surface area contributed by atoms with Crippen molar-refractivity contribution in [3.8, 4) is 0 Å². The summed E-state index contributed by atoms with van der Waals surface area (Å²) in [6.45, 7) is 37.8. The first-order chi connectivity index (χ1) is 28.3. The van der Waals surface area contributed by atoms with Gasteiger partial charge in [0.2, 0.25) is 0 Å². The zero-order valence-electron chi connectivity index (χ0n) is 41.6. The minimum absolute atomic E-state index is 0.0424. The molecule has 4 saturated carbocycles. The first-order valence-electron chi connectivity index (χ1n) is 24.7. The quantitative estimate of drug-likeness (QED) is 0.0726. The van der Waals surface area contributed by atoms with E-state index in [-0.39, 0.29) is 57.2 Å². The van der Waals surface area contributed by atoms with Crippen LogP contribution in [0.1, 0.15) is 178 Å². The van der Waals surface area contributed by atoms with Crippen molar-refractivity contribution in [2.24, 2.45) is 28.6 Å². The van der Waals surface area contributed by atoms with Crippen LogP contribution in [0, 0.1) is 28.6 Å². The number of Topliss-reactive ketones (excluding diaryl/α,β-unsaturated/α-hetero) is 1. The summed E-state index contributed by atoms with van der Waals surface area (Å²) in [5.41, 5.74) is 3.94. The van der Waals surface area contributed by atoms with Crippen molar-refractivity contribution in [2.75, 3.05) is 13.2 Å². The molecule has 0 N–H and O–H groups in total. The zero-order valence-corrected chi connectivity index (χ0v) is 43.6. The van der Waals surface area contributed by atoms with Crippen LogP contribution in [0.2, 0.25) is 36.3 Å². The first kappa shape index (κ1) is 50.6. The van der Waals surface area contributed by atoms with Crippen LogP contribution < -0.4 is 0 Å². The molecule has 0 radical (unpaired) electrons. The Morgan fingerprint density at radius 1 is 0.902 bits per heavy atom. The summed E-state index contributed by atoms with van der Waals surface area (Å²) in [6, 6.07) is 0. The first-order valence-corrected chi connectivity index (χ1v) is 30.5. The smallest absolute Gasteiger partial charge is 0.302 e. The third kappa shape index (κ3) is 11.5. The van der Waals surface area contributed by atoms with Gasteiger partial charge in [-0.05, 0) is 135 Å². The summed E-state index contributed by atoms with van der Waals surface area (Å²) in [5, 5.41) is 0.232. The van der Waals surface area contributed by atoms with E-state index in [1.54, 1.807) is 0 Å². The lowest BCUT2D eigenvalue weighted by Crippen LogP contribution is -2.49. The van der Waals surface area contributed by atoms with E-state index in [1.165, 1.54) is 37.3 Å². The number of fused-ring (bicyclic) bond motifs is 1. The third-order valence-corrected chi connectivity index (χ3v) is 26.4. The largest absolute Gasteiger partial charge is 0.462 e. The molecule has 9 heteroatoms. The summed E-state index contributed by atoms with van der Waals surface area (Å²) < 4.78 is 33.1. The third-order valence-electron chi connectivity index (χ3n) is 17.4. The minimum Gasteiger partial charge on any atom is -0.462 e. The van der Waals surface area contributed by atoms with Gasteiger partial charge in [-0.25, -0.2) is 0 Å². The number of allylic oxidation sites excluding steroid dienone is 3. The van der Waals surface area contributed by atoms with Gasteiger partial charge in [0.15, 0.2) is 22.4 Å². The fraction of sp³-hybridized carbons (Fsp3) is 0.846. The second-order valence-electron chi connectivity index (χ2n) is 23.7. The van der Waals surface area contributed by atoms with E-state index >= 15 is 0 Å². The van der Waals surface area contributed by atoms with Gasteiger partial charge < -0.3 is 23.1 Å². The average Bonchev–Trinajstić information content (AvgIpc) is 3.65. The molecule has 1 heterocycles. The molecule has 0 aromatic rings. The summed E-state index contributed by atoms with van der Waals surface area (Å²) in [4.78, 5) is 26.5. The molecule has 5 rings (SSSR count). The second-order valence-corrected chi connectivity index (χ2v) is 33.2. The second kappa shape index (κ2) is 19.6. The lowest BCUT2D eigenvalue weighted by molar-refractivity contribution is -0.213. The highest BCUT2D eigenvalue weighted by molar-refractivity contribution is 6.74. The Hall–Kier alpha value is -1.37. The monoisotopic (exact) mass is 883 g/mol. The normalized spacial score (nSPS) is 30.4. The molecule has 0 bridgehead atoms. The SMILES string of the molecule is C=C1/C(=C\C=C2/CCC[C@]3(C)[C@@H]([C@H](C)C(CC(=O)CCC4(C5(CCCCCC)OCCO5)CC4)OC(C)=O)CC[C@@H]23)C[C@@H](O[Si](C)(C)C(C)(C)C)C[C@@H]1O[Si](C)(C)C(C)(C)C. The van der Waals surface area contributed by atoms with E-state index in [2.05, 4.69) is 101 Å². The van der Waals surface area contributed by atoms with Gasteiger partial charge in [-0.15, -0.1) is 0 Å². The van der Waals surface area contributed by atoms with Gasteiger partial charge in [-0.1, -0.05) is 106 Å². The lowest BCUT2D eigenvalue weighted by Gasteiger charge is -2.46. The maximum Gasteiger partial charge on any atom is 0.302 e. The molecule has 7 nitrogen and oxygen atoms in total. The summed E-state index contributed by atoms with van der Waals surface area (Å²) in [6.07, 6.45) is 21.1. The minimum atomic E-state index is -2.06. The number of unbranched alkanes of at least 4 members (excludes halogenated alkanes) is 3. The van der Waals surface area contributed by atoms with Crippen molar-refractivity contribution >= 4 is 28.4 Å². The van der Waals surface area contributed by atoms with Crippen LogP contribution in [0.15, 0.2) is 35.5 Å². The van der Waals surface area contributed by atoms with Crippen LogP contribution in [0.25, 0.3) is 0 Å². The Bertz CT molecular complexity index is 1600. The lowest BCUT2D eigenvalue weighted by atomic mass is 9.60. The van der Waals surface area contributed by atoms with Crippen molar-refractivity contribution < 1.29 is 32.7 Å². The highest BCUT2D eigenvalue weighted by Gasteiger charge is 2.62. The van der Waals surface area contributed by atoms with Crippen LogP contribution in [0.4, 0.5) is 0 Å². The highest BCUT2D eigenvalue weighted by Crippen LogP contribution is 2.63. The van der Waals surface area contributed by atoms with Crippen LogP contribution in [-0.2, 0) is 32.7 Å². The molecule has 0 amide bonds. The Morgan fingerprint density at radius 2 is 1.54 bits per heavy atom. The number of hydrogen-bond acceptors (Lipinski definition) is 7. The van der Waals surface area contributed by atoms with Crippen molar-refractivity contribution in [3.63, 3.8) is 0 Å². The number of esters is 1. The molecule has 0 aromatic carbocycles. The zero-order chi connectivity index (χ0) is 45.2. The van der Waals surface area contributed by atoms with E-state index in [9.17, 15) is 9.59 Å². The molecule has 5 fully saturated rings.